The Morgan fingerprint density at radius 3 is 2.83 bits per heavy atom. The molecule has 1 aromatic heterocycles. The van der Waals surface area contributed by atoms with Crippen LogP contribution in [0.4, 0.5) is 19.0 Å². The Bertz CT molecular complexity index is 374. The first kappa shape index (κ1) is 13.1. The largest absolute Gasteiger partial charge is 0.417 e. The summed E-state index contributed by atoms with van der Waals surface area (Å²) in [6, 6.07) is 2.33. The Labute approximate surface area is 103 Å². The topological polar surface area (TPSA) is 46.2 Å². The molecular weight excluding hydrogens is 247 g/mol. The number of rotatable bonds is 3. The second kappa shape index (κ2) is 5.53. The molecule has 2 rings (SSSR count). The molecule has 0 aliphatic carbocycles. The van der Waals surface area contributed by atoms with E-state index in [1.165, 1.54) is 6.07 Å². The van der Waals surface area contributed by atoms with Gasteiger partial charge in [0.2, 0.25) is 0 Å². The summed E-state index contributed by atoms with van der Waals surface area (Å²) in [5.41, 5.74) is -0.747. The predicted molar refractivity (Wildman–Crippen MR) is 60.3 cm³/mol. The lowest BCUT2D eigenvalue weighted by atomic mass is 10.2. The van der Waals surface area contributed by atoms with E-state index in [0.29, 0.717) is 19.0 Å². The second-order valence-electron chi connectivity index (χ2n) is 4.01. The molecule has 100 valence electrons. The summed E-state index contributed by atoms with van der Waals surface area (Å²) in [4.78, 5) is 3.72. The molecule has 0 bridgehead atoms. The molecule has 18 heavy (non-hydrogen) atoms. The van der Waals surface area contributed by atoms with Gasteiger partial charge in [-0.15, -0.1) is 0 Å². The van der Waals surface area contributed by atoms with Gasteiger partial charge in [0, 0.05) is 25.8 Å². The number of pyridine rings is 1. The van der Waals surface area contributed by atoms with Gasteiger partial charge in [-0.3, -0.25) is 0 Å². The van der Waals surface area contributed by atoms with Crippen molar-refractivity contribution in [1.29, 1.82) is 0 Å². The van der Waals surface area contributed by atoms with Gasteiger partial charge in [0.15, 0.2) is 0 Å². The van der Waals surface area contributed by atoms with Crippen molar-refractivity contribution >= 4 is 5.82 Å². The van der Waals surface area contributed by atoms with Crippen LogP contribution in [0.3, 0.4) is 0 Å². The SMILES string of the molecule is FC(F)(F)c1ccc(NCC2CNCCO2)nc1. The van der Waals surface area contributed by atoms with Gasteiger partial charge >= 0.3 is 6.18 Å². The zero-order valence-corrected chi connectivity index (χ0v) is 9.63. The van der Waals surface area contributed by atoms with Crippen LogP contribution in [-0.2, 0) is 10.9 Å². The first-order valence-electron chi connectivity index (χ1n) is 5.65. The molecule has 1 aliphatic rings. The van der Waals surface area contributed by atoms with E-state index >= 15 is 0 Å². The average Bonchev–Trinajstić information content (AvgIpc) is 2.37. The van der Waals surface area contributed by atoms with Gasteiger partial charge in [-0.05, 0) is 12.1 Å². The minimum Gasteiger partial charge on any atom is -0.374 e. The van der Waals surface area contributed by atoms with Crippen molar-refractivity contribution in [2.75, 3.05) is 31.6 Å². The van der Waals surface area contributed by atoms with Crippen LogP contribution >= 0.6 is 0 Å². The van der Waals surface area contributed by atoms with Crippen molar-refractivity contribution in [3.63, 3.8) is 0 Å². The highest BCUT2D eigenvalue weighted by Gasteiger charge is 2.30. The van der Waals surface area contributed by atoms with E-state index in [-0.39, 0.29) is 6.10 Å². The molecule has 0 amide bonds. The van der Waals surface area contributed by atoms with Crippen LogP contribution in [0, 0.1) is 0 Å². The number of aromatic nitrogens is 1. The zero-order valence-electron chi connectivity index (χ0n) is 9.63. The molecule has 1 atom stereocenters. The molecule has 1 aromatic rings. The van der Waals surface area contributed by atoms with E-state index in [9.17, 15) is 13.2 Å². The normalized spacial score (nSPS) is 20.7. The van der Waals surface area contributed by atoms with E-state index in [0.717, 1.165) is 25.4 Å². The Balaban J connectivity index is 1.86. The average molecular weight is 261 g/mol. The lowest BCUT2D eigenvalue weighted by Gasteiger charge is -2.23. The van der Waals surface area contributed by atoms with Gasteiger partial charge in [0.25, 0.3) is 0 Å². The van der Waals surface area contributed by atoms with Crippen molar-refractivity contribution < 1.29 is 17.9 Å². The van der Waals surface area contributed by atoms with Crippen LogP contribution < -0.4 is 10.6 Å². The predicted octanol–water partition coefficient (Wildman–Crippen LogP) is 1.50. The molecule has 1 saturated heterocycles. The number of hydrogen-bond donors (Lipinski definition) is 2. The molecule has 0 saturated carbocycles. The summed E-state index contributed by atoms with van der Waals surface area (Å²) in [5, 5.41) is 6.12. The van der Waals surface area contributed by atoms with Gasteiger partial charge in [0.1, 0.15) is 5.82 Å². The molecule has 2 N–H and O–H groups in total. The number of nitrogens with zero attached hydrogens (tertiary/aromatic N) is 1. The summed E-state index contributed by atoms with van der Waals surface area (Å²) >= 11 is 0. The van der Waals surface area contributed by atoms with Crippen LogP contribution in [0.5, 0.6) is 0 Å². The molecule has 2 heterocycles. The minimum absolute atomic E-state index is 0.0165. The number of morpholine rings is 1. The first-order chi connectivity index (χ1) is 8.55. The van der Waals surface area contributed by atoms with Gasteiger partial charge in [-0.25, -0.2) is 4.98 Å². The van der Waals surface area contributed by atoms with Crippen molar-refractivity contribution in [2.24, 2.45) is 0 Å². The number of ether oxygens (including phenoxy) is 1. The maximum absolute atomic E-state index is 12.3. The maximum Gasteiger partial charge on any atom is 0.417 e. The molecular formula is C11H14F3N3O. The number of anilines is 1. The molecule has 0 spiro atoms. The Morgan fingerprint density at radius 1 is 1.44 bits per heavy atom. The lowest BCUT2D eigenvalue weighted by Crippen LogP contribution is -2.42. The van der Waals surface area contributed by atoms with Gasteiger partial charge in [-0.1, -0.05) is 0 Å². The zero-order chi connectivity index (χ0) is 13.0. The molecule has 7 heteroatoms. The molecule has 0 aromatic carbocycles. The van der Waals surface area contributed by atoms with Crippen molar-refractivity contribution in [3.05, 3.63) is 23.9 Å². The second-order valence-corrected chi connectivity index (χ2v) is 4.01. The Morgan fingerprint density at radius 2 is 2.28 bits per heavy atom. The Hall–Kier alpha value is -1.34. The van der Waals surface area contributed by atoms with Crippen LogP contribution in [-0.4, -0.2) is 37.3 Å². The minimum atomic E-state index is -4.35. The molecule has 1 fully saturated rings. The summed E-state index contributed by atoms with van der Waals surface area (Å²) < 4.78 is 42.4. The fraction of sp³-hybridized carbons (Fsp3) is 0.545. The number of halogens is 3. The number of nitrogens with one attached hydrogen (secondary N) is 2. The van der Waals surface area contributed by atoms with Crippen LogP contribution in [0.2, 0.25) is 0 Å². The quantitative estimate of drug-likeness (QED) is 0.865. The summed E-state index contributed by atoms with van der Waals surface area (Å²) in [5.74, 6) is 0.414. The Kier molecular flexibility index (Phi) is 4.03. The summed E-state index contributed by atoms with van der Waals surface area (Å²) in [7, 11) is 0. The molecule has 4 nitrogen and oxygen atoms in total. The summed E-state index contributed by atoms with van der Waals surface area (Å²) in [6.07, 6.45) is -3.51. The van der Waals surface area contributed by atoms with E-state index in [4.69, 9.17) is 4.74 Å². The smallest absolute Gasteiger partial charge is 0.374 e. The monoisotopic (exact) mass is 261 g/mol. The van der Waals surface area contributed by atoms with Gasteiger partial charge < -0.3 is 15.4 Å². The fourth-order valence-corrected chi connectivity index (χ4v) is 1.64. The first-order valence-corrected chi connectivity index (χ1v) is 5.65. The lowest BCUT2D eigenvalue weighted by molar-refractivity contribution is -0.137. The maximum atomic E-state index is 12.3. The van der Waals surface area contributed by atoms with Crippen LogP contribution in [0.1, 0.15) is 5.56 Å². The van der Waals surface area contributed by atoms with Crippen molar-refractivity contribution in [3.8, 4) is 0 Å². The third-order valence-corrected chi connectivity index (χ3v) is 2.61. The number of alkyl halides is 3. The highest BCUT2D eigenvalue weighted by molar-refractivity contribution is 5.36. The molecule has 1 unspecified atom stereocenters. The van der Waals surface area contributed by atoms with Crippen molar-refractivity contribution in [2.45, 2.75) is 12.3 Å². The summed E-state index contributed by atoms with van der Waals surface area (Å²) in [6.45, 7) is 2.72. The standard InChI is InChI=1S/C11H14F3N3O/c12-11(13,14)8-1-2-10(16-5-8)17-7-9-6-15-3-4-18-9/h1-2,5,9,15H,3-4,6-7H2,(H,16,17). The van der Waals surface area contributed by atoms with Crippen LogP contribution in [0.25, 0.3) is 0 Å². The molecule has 0 radical (unpaired) electrons. The van der Waals surface area contributed by atoms with Gasteiger partial charge in [-0.2, -0.15) is 13.2 Å². The van der Waals surface area contributed by atoms with E-state index < -0.39 is 11.7 Å². The molecule has 1 aliphatic heterocycles. The van der Waals surface area contributed by atoms with Gasteiger partial charge in [0.05, 0.1) is 18.3 Å². The third kappa shape index (κ3) is 3.58. The highest BCUT2D eigenvalue weighted by atomic mass is 19.4. The van der Waals surface area contributed by atoms with Crippen molar-refractivity contribution in [1.82, 2.24) is 10.3 Å². The van der Waals surface area contributed by atoms with E-state index in [1.807, 2.05) is 0 Å². The highest BCUT2D eigenvalue weighted by Crippen LogP contribution is 2.28. The van der Waals surface area contributed by atoms with Crippen LogP contribution in [0.15, 0.2) is 18.3 Å². The fourth-order valence-electron chi connectivity index (χ4n) is 1.64. The van der Waals surface area contributed by atoms with E-state index in [2.05, 4.69) is 15.6 Å². The third-order valence-electron chi connectivity index (χ3n) is 2.61. The number of hydrogen-bond acceptors (Lipinski definition) is 4. The van der Waals surface area contributed by atoms with E-state index in [1.54, 1.807) is 0 Å².